The molecule has 1 aliphatic heterocycles. The minimum Gasteiger partial charge on any atom is -0.465 e. The summed E-state index contributed by atoms with van der Waals surface area (Å²) in [5.74, 6) is 0. The average molecular weight is 217 g/mol. The van der Waals surface area contributed by atoms with Crippen LogP contribution in [0.4, 0.5) is 4.79 Å². The molecule has 6 heteroatoms. The van der Waals surface area contributed by atoms with Gasteiger partial charge in [0.05, 0.1) is 0 Å². The molecule has 0 spiro atoms. The number of hydrogen-bond acceptors (Lipinski definition) is 2. The normalized spacial score (nSPS) is 17.6. The second-order valence-corrected chi connectivity index (χ2v) is 2.57. The summed E-state index contributed by atoms with van der Waals surface area (Å²) in [6, 6.07) is 0. The van der Waals surface area contributed by atoms with Crippen molar-refractivity contribution in [1.29, 1.82) is 0 Å². The maximum atomic E-state index is 10.4. The summed E-state index contributed by atoms with van der Waals surface area (Å²) in [4.78, 5) is 13.9. The monoisotopic (exact) mass is 216 g/mol. The van der Waals surface area contributed by atoms with E-state index in [4.69, 9.17) is 5.11 Å². The molecular formula is C6H14Cl2N2O2. The molecule has 0 aromatic carbocycles. The third kappa shape index (κ3) is 3.99. The van der Waals surface area contributed by atoms with E-state index in [1.165, 1.54) is 4.90 Å². The highest BCUT2D eigenvalue weighted by molar-refractivity contribution is 5.85. The topological polar surface area (TPSA) is 43.8 Å². The Balaban J connectivity index is 0. The van der Waals surface area contributed by atoms with Crippen molar-refractivity contribution in [2.24, 2.45) is 0 Å². The van der Waals surface area contributed by atoms with E-state index in [1.807, 2.05) is 7.05 Å². The van der Waals surface area contributed by atoms with E-state index in [9.17, 15) is 4.79 Å². The van der Waals surface area contributed by atoms with Crippen molar-refractivity contribution in [1.82, 2.24) is 9.80 Å². The first-order valence-electron chi connectivity index (χ1n) is 3.36. The molecule has 74 valence electrons. The largest absolute Gasteiger partial charge is 0.465 e. The summed E-state index contributed by atoms with van der Waals surface area (Å²) < 4.78 is 0. The van der Waals surface area contributed by atoms with Crippen molar-refractivity contribution in [2.75, 3.05) is 33.2 Å². The van der Waals surface area contributed by atoms with Gasteiger partial charge in [-0.3, -0.25) is 0 Å². The first-order chi connectivity index (χ1) is 4.70. The molecule has 0 saturated carbocycles. The van der Waals surface area contributed by atoms with Crippen LogP contribution in [0.25, 0.3) is 0 Å². The zero-order chi connectivity index (χ0) is 7.56. The van der Waals surface area contributed by atoms with E-state index >= 15 is 0 Å². The van der Waals surface area contributed by atoms with Gasteiger partial charge in [-0.15, -0.1) is 24.8 Å². The Bertz CT molecular complexity index is 138. The molecule has 0 bridgehead atoms. The van der Waals surface area contributed by atoms with E-state index in [2.05, 4.69) is 4.90 Å². The number of nitrogens with zero attached hydrogens (tertiary/aromatic N) is 2. The third-order valence-corrected chi connectivity index (χ3v) is 1.77. The Kier molecular flexibility index (Phi) is 7.58. The van der Waals surface area contributed by atoms with Crippen molar-refractivity contribution in [3.8, 4) is 0 Å². The average Bonchev–Trinajstić information content (AvgIpc) is 1.88. The molecule has 1 rings (SSSR count). The molecule has 0 atom stereocenters. The molecule has 1 aliphatic rings. The van der Waals surface area contributed by atoms with Gasteiger partial charge in [0.1, 0.15) is 0 Å². The van der Waals surface area contributed by atoms with E-state index in [0.717, 1.165) is 13.1 Å². The van der Waals surface area contributed by atoms with Gasteiger partial charge in [-0.25, -0.2) is 4.79 Å². The molecular weight excluding hydrogens is 203 g/mol. The lowest BCUT2D eigenvalue weighted by Crippen LogP contribution is -2.46. The predicted octanol–water partition coefficient (Wildman–Crippen LogP) is 0.755. The molecule has 1 saturated heterocycles. The fourth-order valence-electron chi connectivity index (χ4n) is 0.998. The zero-order valence-electron chi connectivity index (χ0n) is 6.89. The van der Waals surface area contributed by atoms with Crippen LogP contribution in [0.3, 0.4) is 0 Å². The van der Waals surface area contributed by atoms with Gasteiger partial charge >= 0.3 is 6.09 Å². The predicted molar refractivity (Wildman–Crippen MR) is 51.6 cm³/mol. The Hall–Kier alpha value is -0.190. The van der Waals surface area contributed by atoms with Gasteiger partial charge in [-0.05, 0) is 7.05 Å². The van der Waals surface area contributed by atoms with Crippen LogP contribution in [0.15, 0.2) is 0 Å². The number of carboxylic acid groups (broad SMARTS) is 1. The van der Waals surface area contributed by atoms with Gasteiger partial charge in [-0.1, -0.05) is 0 Å². The van der Waals surface area contributed by atoms with Crippen LogP contribution in [0.1, 0.15) is 0 Å². The summed E-state index contributed by atoms with van der Waals surface area (Å²) in [6.07, 6.45) is -0.798. The number of carbonyl (C=O) groups is 1. The Morgan fingerprint density at radius 3 is 1.92 bits per heavy atom. The maximum absolute atomic E-state index is 10.4. The lowest BCUT2D eigenvalue weighted by Gasteiger charge is -2.30. The molecule has 1 heterocycles. The lowest BCUT2D eigenvalue weighted by molar-refractivity contribution is 0.115. The highest BCUT2D eigenvalue weighted by Crippen LogP contribution is 1.97. The molecule has 0 aromatic rings. The first kappa shape index (κ1) is 14.3. The van der Waals surface area contributed by atoms with Crippen LogP contribution in [0, 0.1) is 0 Å². The van der Waals surface area contributed by atoms with Gasteiger partial charge in [0.15, 0.2) is 0 Å². The number of piperazine rings is 1. The van der Waals surface area contributed by atoms with Gasteiger partial charge in [-0.2, -0.15) is 0 Å². The highest BCUT2D eigenvalue weighted by Gasteiger charge is 2.16. The van der Waals surface area contributed by atoms with Crippen LogP contribution in [-0.4, -0.2) is 54.2 Å². The van der Waals surface area contributed by atoms with Crippen LogP contribution in [0.2, 0.25) is 0 Å². The fraction of sp³-hybridized carbons (Fsp3) is 0.833. The van der Waals surface area contributed by atoms with Gasteiger partial charge in [0.25, 0.3) is 0 Å². The molecule has 1 fully saturated rings. The second-order valence-electron chi connectivity index (χ2n) is 2.57. The highest BCUT2D eigenvalue weighted by atomic mass is 35.5. The van der Waals surface area contributed by atoms with Crippen LogP contribution in [-0.2, 0) is 0 Å². The van der Waals surface area contributed by atoms with Gasteiger partial charge in [0.2, 0.25) is 0 Å². The van der Waals surface area contributed by atoms with Crippen molar-refractivity contribution in [3.63, 3.8) is 0 Å². The molecule has 4 nitrogen and oxygen atoms in total. The number of rotatable bonds is 0. The fourth-order valence-corrected chi connectivity index (χ4v) is 0.998. The lowest BCUT2D eigenvalue weighted by atomic mass is 10.3. The van der Waals surface area contributed by atoms with Crippen molar-refractivity contribution >= 4 is 30.9 Å². The summed E-state index contributed by atoms with van der Waals surface area (Å²) in [5.41, 5.74) is 0. The number of hydrogen-bond donors (Lipinski definition) is 1. The van der Waals surface area contributed by atoms with Gasteiger partial charge in [0, 0.05) is 26.2 Å². The molecule has 0 unspecified atom stereocenters. The quantitative estimate of drug-likeness (QED) is 0.651. The molecule has 0 aromatic heterocycles. The standard InChI is InChI=1S/C6H12N2O2.2ClH/c1-7-2-4-8(5-3-7)6(9)10;;/h2-5H2,1H3,(H,9,10);2*1H. The second kappa shape index (κ2) is 6.34. The van der Waals surface area contributed by atoms with Crippen molar-refractivity contribution < 1.29 is 9.90 Å². The summed E-state index contributed by atoms with van der Waals surface area (Å²) >= 11 is 0. The minimum atomic E-state index is -0.798. The molecule has 0 radical (unpaired) electrons. The number of halogens is 2. The van der Waals surface area contributed by atoms with Crippen molar-refractivity contribution in [3.05, 3.63) is 0 Å². The molecule has 1 amide bonds. The number of amides is 1. The third-order valence-electron chi connectivity index (χ3n) is 1.77. The molecule has 12 heavy (non-hydrogen) atoms. The van der Waals surface area contributed by atoms with Crippen molar-refractivity contribution in [2.45, 2.75) is 0 Å². The van der Waals surface area contributed by atoms with E-state index < -0.39 is 6.09 Å². The zero-order valence-corrected chi connectivity index (χ0v) is 8.53. The van der Waals surface area contributed by atoms with E-state index in [0.29, 0.717) is 13.1 Å². The van der Waals surface area contributed by atoms with Crippen LogP contribution in [0.5, 0.6) is 0 Å². The Morgan fingerprint density at radius 2 is 1.58 bits per heavy atom. The summed E-state index contributed by atoms with van der Waals surface area (Å²) in [7, 11) is 2.00. The number of likely N-dealkylation sites (N-methyl/N-ethyl adjacent to an activating group) is 1. The molecule has 0 aliphatic carbocycles. The van der Waals surface area contributed by atoms with Crippen LogP contribution >= 0.6 is 24.8 Å². The van der Waals surface area contributed by atoms with Crippen LogP contribution < -0.4 is 0 Å². The smallest absolute Gasteiger partial charge is 0.407 e. The Labute approximate surface area is 84.3 Å². The SMILES string of the molecule is CN1CCN(C(=O)O)CC1.Cl.Cl. The summed E-state index contributed by atoms with van der Waals surface area (Å²) in [5, 5.41) is 8.53. The molecule has 1 N–H and O–H groups in total. The Morgan fingerprint density at radius 1 is 1.17 bits per heavy atom. The maximum Gasteiger partial charge on any atom is 0.407 e. The van der Waals surface area contributed by atoms with Gasteiger partial charge < -0.3 is 14.9 Å². The first-order valence-corrected chi connectivity index (χ1v) is 3.36. The van der Waals surface area contributed by atoms with E-state index in [-0.39, 0.29) is 24.8 Å². The summed E-state index contributed by atoms with van der Waals surface area (Å²) in [6.45, 7) is 3.00. The minimum absolute atomic E-state index is 0. The van der Waals surface area contributed by atoms with E-state index in [1.54, 1.807) is 0 Å².